The fourth-order valence-electron chi connectivity index (χ4n) is 3.97. The molecular weight excluding hydrogens is 456 g/mol. The Morgan fingerprint density at radius 3 is 2.09 bits per heavy atom. The zero-order valence-electron chi connectivity index (χ0n) is 19.9. The fourth-order valence-corrected chi connectivity index (χ4v) is 5.30. The second-order valence-electron chi connectivity index (χ2n) is 8.63. The second kappa shape index (κ2) is 10.2. The highest BCUT2D eigenvalue weighted by atomic mass is 32.2. The van der Waals surface area contributed by atoms with E-state index in [0.717, 1.165) is 22.3 Å². The molecule has 0 spiro atoms. The van der Waals surface area contributed by atoms with Crippen LogP contribution < -0.4 is 10.0 Å². The molecule has 35 heavy (non-hydrogen) atoms. The highest BCUT2D eigenvalue weighted by Crippen LogP contribution is 2.26. The summed E-state index contributed by atoms with van der Waals surface area (Å²) in [6.45, 7) is 5.65. The van der Waals surface area contributed by atoms with E-state index in [0.29, 0.717) is 11.3 Å². The van der Waals surface area contributed by atoms with Gasteiger partial charge in [0.2, 0.25) is 0 Å². The molecule has 178 valence electrons. The van der Waals surface area contributed by atoms with Crippen molar-refractivity contribution in [1.82, 2.24) is 5.32 Å². The number of carbonyl (C=O) groups is 1. The predicted molar refractivity (Wildman–Crippen MR) is 140 cm³/mol. The van der Waals surface area contributed by atoms with Gasteiger partial charge in [-0.25, -0.2) is 8.42 Å². The van der Waals surface area contributed by atoms with Crippen molar-refractivity contribution in [3.05, 3.63) is 130 Å². The molecule has 6 heteroatoms. The quantitative estimate of drug-likeness (QED) is 0.341. The molecule has 0 heterocycles. The van der Waals surface area contributed by atoms with Crippen molar-refractivity contribution in [2.75, 3.05) is 4.72 Å². The van der Waals surface area contributed by atoms with Crippen LogP contribution >= 0.6 is 0 Å². The minimum absolute atomic E-state index is 0.0675. The lowest BCUT2D eigenvalue weighted by atomic mass is 9.94. The molecule has 0 aliphatic heterocycles. The average Bonchev–Trinajstić information content (AvgIpc) is 2.85. The maximum Gasteiger partial charge on any atom is 0.262 e. The van der Waals surface area contributed by atoms with E-state index in [1.54, 1.807) is 31.2 Å². The SMILES string of the molecule is Cc1ccc(NS(=O)(=O)c2cc(C(=O)N[C@H](c3ccccc3)c3ccccc3C)ccc2C)cc1. The van der Waals surface area contributed by atoms with Crippen molar-refractivity contribution < 1.29 is 13.2 Å². The smallest absolute Gasteiger partial charge is 0.262 e. The zero-order valence-corrected chi connectivity index (χ0v) is 20.8. The standard InChI is InChI=1S/C29H28N2O3S/c1-20-13-17-25(18-14-20)31-35(33,34)27-19-24(16-15-22(27)3)29(32)30-28(23-10-5-4-6-11-23)26-12-8-7-9-21(26)2/h4-19,28,31H,1-3H3,(H,30,32)/t28-/m1/s1. The molecule has 1 amide bonds. The Hall–Kier alpha value is -3.90. The van der Waals surface area contributed by atoms with Crippen LogP contribution in [0.4, 0.5) is 5.69 Å². The Kier molecular flexibility index (Phi) is 7.03. The van der Waals surface area contributed by atoms with Gasteiger partial charge in [0.05, 0.1) is 10.9 Å². The van der Waals surface area contributed by atoms with Crippen molar-refractivity contribution in [1.29, 1.82) is 0 Å². The van der Waals surface area contributed by atoms with E-state index in [1.165, 1.54) is 6.07 Å². The van der Waals surface area contributed by atoms with Crippen LogP contribution in [-0.4, -0.2) is 14.3 Å². The summed E-state index contributed by atoms with van der Waals surface area (Å²) in [5.41, 5.74) is 5.30. The number of rotatable bonds is 7. The Morgan fingerprint density at radius 1 is 0.743 bits per heavy atom. The van der Waals surface area contributed by atoms with Crippen LogP contribution in [0.15, 0.2) is 102 Å². The summed E-state index contributed by atoms with van der Waals surface area (Å²) < 4.78 is 28.9. The maximum atomic E-state index is 13.4. The molecule has 4 aromatic carbocycles. The number of benzene rings is 4. The van der Waals surface area contributed by atoms with Crippen LogP contribution in [0.25, 0.3) is 0 Å². The first-order valence-corrected chi connectivity index (χ1v) is 12.8. The normalized spacial score (nSPS) is 12.1. The molecule has 0 radical (unpaired) electrons. The Labute approximate surface area is 206 Å². The molecule has 0 saturated carbocycles. The van der Waals surface area contributed by atoms with Crippen molar-refractivity contribution in [2.45, 2.75) is 31.7 Å². The molecule has 4 rings (SSSR count). The van der Waals surface area contributed by atoms with Gasteiger partial charge in [0.15, 0.2) is 0 Å². The predicted octanol–water partition coefficient (Wildman–Crippen LogP) is 5.93. The van der Waals surface area contributed by atoms with Gasteiger partial charge in [-0.2, -0.15) is 0 Å². The molecule has 0 aliphatic carbocycles. The number of nitrogens with one attached hydrogen (secondary N) is 2. The highest BCUT2D eigenvalue weighted by molar-refractivity contribution is 7.92. The van der Waals surface area contributed by atoms with Crippen LogP contribution in [0.1, 0.15) is 44.2 Å². The molecule has 0 bridgehead atoms. The van der Waals surface area contributed by atoms with E-state index >= 15 is 0 Å². The van der Waals surface area contributed by atoms with E-state index in [2.05, 4.69) is 10.0 Å². The van der Waals surface area contributed by atoms with Gasteiger partial charge in [-0.15, -0.1) is 0 Å². The van der Waals surface area contributed by atoms with Gasteiger partial charge >= 0.3 is 0 Å². The Balaban J connectivity index is 1.66. The lowest BCUT2D eigenvalue weighted by Gasteiger charge is -2.22. The van der Waals surface area contributed by atoms with E-state index in [-0.39, 0.29) is 22.4 Å². The van der Waals surface area contributed by atoms with E-state index in [4.69, 9.17) is 0 Å². The van der Waals surface area contributed by atoms with E-state index in [1.807, 2.05) is 80.6 Å². The molecular formula is C29H28N2O3S. The summed E-state index contributed by atoms with van der Waals surface area (Å²) in [5.74, 6) is -0.353. The number of amides is 1. The average molecular weight is 485 g/mol. The largest absolute Gasteiger partial charge is 0.341 e. The van der Waals surface area contributed by atoms with Crippen molar-refractivity contribution in [3.8, 4) is 0 Å². The molecule has 5 nitrogen and oxygen atoms in total. The Morgan fingerprint density at radius 2 is 1.40 bits per heavy atom. The number of hydrogen-bond acceptors (Lipinski definition) is 3. The third-order valence-electron chi connectivity index (χ3n) is 5.95. The van der Waals surface area contributed by atoms with Gasteiger partial charge in [-0.1, -0.05) is 78.4 Å². The fraction of sp³-hybridized carbons (Fsp3) is 0.138. The van der Waals surface area contributed by atoms with Crippen molar-refractivity contribution in [3.63, 3.8) is 0 Å². The van der Waals surface area contributed by atoms with Gasteiger partial charge in [0.1, 0.15) is 0 Å². The van der Waals surface area contributed by atoms with E-state index < -0.39 is 10.0 Å². The third-order valence-corrected chi connectivity index (χ3v) is 7.47. The lowest BCUT2D eigenvalue weighted by Crippen LogP contribution is -2.30. The first-order valence-electron chi connectivity index (χ1n) is 11.4. The van der Waals surface area contributed by atoms with Crippen LogP contribution in [0.5, 0.6) is 0 Å². The number of sulfonamides is 1. The molecule has 0 unspecified atom stereocenters. The van der Waals surface area contributed by atoms with Crippen molar-refractivity contribution >= 4 is 21.6 Å². The van der Waals surface area contributed by atoms with Crippen LogP contribution in [0.3, 0.4) is 0 Å². The van der Waals surface area contributed by atoms with Crippen LogP contribution in [0, 0.1) is 20.8 Å². The monoisotopic (exact) mass is 484 g/mol. The summed E-state index contributed by atoms with van der Waals surface area (Å²) >= 11 is 0. The van der Waals surface area contributed by atoms with Gasteiger partial charge in [-0.3, -0.25) is 9.52 Å². The summed E-state index contributed by atoms with van der Waals surface area (Å²) in [6.07, 6.45) is 0. The lowest BCUT2D eigenvalue weighted by molar-refractivity contribution is 0.0942. The van der Waals surface area contributed by atoms with Gasteiger partial charge in [0, 0.05) is 11.3 Å². The first kappa shape index (κ1) is 24.2. The summed E-state index contributed by atoms with van der Waals surface area (Å²) in [5, 5.41) is 3.11. The molecule has 2 N–H and O–H groups in total. The summed E-state index contributed by atoms with van der Waals surface area (Å²) in [7, 11) is -3.88. The van der Waals surface area contributed by atoms with Crippen molar-refractivity contribution in [2.24, 2.45) is 0 Å². The maximum absolute atomic E-state index is 13.4. The number of aryl methyl sites for hydroxylation is 3. The van der Waals surface area contributed by atoms with E-state index in [9.17, 15) is 13.2 Å². The molecule has 0 aromatic heterocycles. The highest BCUT2D eigenvalue weighted by Gasteiger charge is 2.22. The topological polar surface area (TPSA) is 75.3 Å². The number of anilines is 1. The van der Waals surface area contributed by atoms with Gasteiger partial charge in [-0.05, 0) is 67.3 Å². The zero-order chi connectivity index (χ0) is 25.0. The minimum Gasteiger partial charge on any atom is -0.341 e. The summed E-state index contributed by atoms with van der Waals surface area (Å²) in [6, 6.07) is 29.1. The van der Waals surface area contributed by atoms with Gasteiger partial charge < -0.3 is 5.32 Å². The summed E-state index contributed by atoms with van der Waals surface area (Å²) in [4.78, 5) is 13.4. The van der Waals surface area contributed by atoms with Gasteiger partial charge in [0.25, 0.3) is 15.9 Å². The number of carbonyl (C=O) groups excluding carboxylic acids is 1. The first-order chi connectivity index (χ1) is 16.7. The molecule has 0 fully saturated rings. The number of hydrogen-bond donors (Lipinski definition) is 2. The second-order valence-corrected chi connectivity index (χ2v) is 10.3. The molecule has 1 atom stereocenters. The van der Waals surface area contributed by atoms with Crippen LogP contribution in [-0.2, 0) is 10.0 Å². The minimum atomic E-state index is -3.88. The molecule has 4 aromatic rings. The third kappa shape index (κ3) is 5.61. The molecule has 0 saturated heterocycles. The van der Waals surface area contributed by atoms with Crippen LogP contribution in [0.2, 0.25) is 0 Å². The molecule has 0 aliphatic rings. The Bertz CT molecular complexity index is 1450.